The average molecular weight is 347 g/mol. The van der Waals surface area contributed by atoms with Crippen molar-refractivity contribution in [3.8, 4) is 0 Å². The van der Waals surface area contributed by atoms with Gasteiger partial charge in [-0.3, -0.25) is 4.98 Å². The van der Waals surface area contributed by atoms with E-state index < -0.39 is 10.0 Å². The third-order valence-corrected chi connectivity index (χ3v) is 6.35. The van der Waals surface area contributed by atoms with Gasteiger partial charge >= 0.3 is 0 Å². The zero-order valence-corrected chi connectivity index (χ0v) is 15.1. The van der Waals surface area contributed by atoms with E-state index in [4.69, 9.17) is 4.98 Å². The van der Waals surface area contributed by atoms with Crippen LogP contribution in [0.1, 0.15) is 26.0 Å². The van der Waals surface area contributed by atoms with Gasteiger partial charge in [0, 0.05) is 42.3 Å². The minimum Gasteiger partial charge on any atom is -0.384 e. The summed E-state index contributed by atoms with van der Waals surface area (Å²) in [6, 6.07) is 10.3. The van der Waals surface area contributed by atoms with Crippen molar-refractivity contribution in [2.45, 2.75) is 26.7 Å². The molecule has 1 N–H and O–H groups in total. The highest BCUT2D eigenvalue weighted by Crippen LogP contribution is 2.26. The van der Waals surface area contributed by atoms with Crippen LogP contribution in [0.25, 0.3) is 10.9 Å². The highest BCUT2D eigenvalue weighted by atomic mass is 32.2. The lowest BCUT2D eigenvalue weighted by atomic mass is 10.0. The summed E-state index contributed by atoms with van der Waals surface area (Å²) < 4.78 is 25.2. The Morgan fingerprint density at radius 2 is 2.00 bits per heavy atom. The molecular formula is C18H25N3O2S. The standard InChI is InChI=1S/C18H25N3O2S/c1-3-7-15-10-18(16-8-5-6-9-17(16)20-15)19-11-14-12-21(13-14)24(22,23)4-2/h5-6,8-10,14H,3-4,7,11-13H2,1-2H3,(H,19,20). The summed E-state index contributed by atoms with van der Waals surface area (Å²) in [5, 5.41) is 4.64. The van der Waals surface area contributed by atoms with Crippen LogP contribution >= 0.6 is 0 Å². The number of anilines is 1. The van der Waals surface area contributed by atoms with E-state index >= 15 is 0 Å². The van der Waals surface area contributed by atoms with Gasteiger partial charge in [-0.2, -0.15) is 0 Å². The van der Waals surface area contributed by atoms with E-state index in [1.807, 2.05) is 18.2 Å². The van der Waals surface area contributed by atoms with Crippen LogP contribution in [0.5, 0.6) is 0 Å². The molecule has 0 amide bonds. The fourth-order valence-electron chi connectivity index (χ4n) is 3.08. The van der Waals surface area contributed by atoms with Crippen molar-refractivity contribution in [2.75, 3.05) is 30.7 Å². The van der Waals surface area contributed by atoms with Crippen molar-refractivity contribution in [3.63, 3.8) is 0 Å². The van der Waals surface area contributed by atoms with Crippen LogP contribution in [-0.4, -0.2) is 43.1 Å². The number of nitrogens with zero attached hydrogens (tertiary/aromatic N) is 2. The topological polar surface area (TPSA) is 62.3 Å². The summed E-state index contributed by atoms with van der Waals surface area (Å²) in [5.74, 6) is 0.551. The van der Waals surface area contributed by atoms with Crippen LogP contribution in [0.15, 0.2) is 30.3 Å². The molecule has 1 saturated heterocycles. The molecule has 6 heteroatoms. The van der Waals surface area contributed by atoms with Crippen molar-refractivity contribution in [2.24, 2.45) is 5.92 Å². The molecule has 0 spiro atoms. The summed E-state index contributed by atoms with van der Waals surface area (Å²) in [7, 11) is -3.03. The number of aryl methyl sites for hydroxylation is 1. The average Bonchev–Trinajstić information content (AvgIpc) is 2.53. The summed E-state index contributed by atoms with van der Waals surface area (Å²) in [6.45, 7) is 5.87. The van der Waals surface area contributed by atoms with Crippen molar-refractivity contribution in [1.29, 1.82) is 0 Å². The molecule has 0 bridgehead atoms. The van der Waals surface area contributed by atoms with Crippen LogP contribution in [0.3, 0.4) is 0 Å². The van der Waals surface area contributed by atoms with Crippen LogP contribution < -0.4 is 5.32 Å². The Morgan fingerprint density at radius 3 is 2.71 bits per heavy atom. The Bertz CT molecular complexity index is 814. The van der Waals surface area contributed by atoms with E-state index in [2.05, 4.69) is 24.4 Å². The van der Waals surface area contributed by atoms with E-state index in [-0.39, 0.29) is 5.75 Å². The second-order valence-electron chi connectivity index (χ2n) is 6.39. The number of benzene rings is 1. The summed E-state index contributed by atoms with van der Waals surface area (Å²) >= 11 is 0. The van der Waals surface area contributed by atoms with Gasteiger partial charge in [0.15, 0.2) is 0 Å². The predicted octanol–water partition coefficient (Wildman–Crippen LogP) is 2.88. The number of para-hydroxylation sites is 1. The largest absolute Gasteiger partial charge is 0.384 e. The lowest BCUT2D eigenvalue weighted by molar-refractivity contribution is 0.212. The minimum absolute atomic E-state index is 0.183. The van der Waals surface area contributed by atoms with Gasteiger partial charge in [0.25, 0.3) is 0 Å². The van der Waals surface area contributed by atoms with Gasteiger partial charge in [0.05, 0.1) is 11.3 Å². The zero-order chi connectivity index (χ0) is 17.2. The zero-order valence-electron chi connectivity index (χ0n) is 14.3. The molecule has 0 atom stereocenters. The van der Waals surface area contributed by atoms with Gasteiger partial charge in [-0.25, -0.2) is 12.7 Å². The highest BCUT2D eigenvalue weighted by Gasteiger charge is 2.34. The number of hydrogen-bond donors (Lipinski definition) is 1. The number of aromatic nitrogens is 1. The number of hydrogen-bond acceptors (Lipinski definition) is 4. The summed E-state index contributed by atoms with van der Waals surface area (Å²) in [5.41, 5.74) is 3.21. The second kappa shape index (κ2) is 7.07. The summed E-state index contributed by atoms with van der Waals surface area (Å²) in [6.07, 6.45) is 2.03. The van der Waals surface area contributed by atoms with Crippen LogP contribution in [0.2, 0.25) is 0 Å². The van der Waals surface area contributed by atoms with Gasteiger partial charge in [-0.05, 0) is 25.5 Å². The van der Waals surface area contributed by atoms with Gasteiger partial charge in [-0.15, -0.1) is 0 Å². The normalized spacial score (nSPS) is 16.2. The van der Waals surface area contributed by atoms with Gasteiger partial charge in [0.2, 0.25) is 10.0 Å². The molecule has 1 aliphatic heterocycles. The maximum atomic E-state index is 11.8. The number of sulfonamides is 1. The second-order valence-corrected chi connectivity index (χ2v) is 8.65. The maximum Gasteiger partial charge on any atom is 0.213 e. The highest BCUT2D eigenvalue weighted by molar-refractivity contribution is 7.89. The van der Waals surface area contributed by atoms with E-state index in [0.717, 1.165) is 41.7 Å². The number of rotatable bonds is 7. The van der Waals surface area contributed by atoms with Crippen molar-refractivity contribution in [1.82, 2.24) is 9.29 Å². The van der Waals surface area contributed by atoms with Crippen LogP contribution in [0.4, 0.5) is 5.69 Å². The third-order valence-electron chi connectivity index (χ3n) is 4.54. The molecule has 1 fully saturated rings. The first-order chi connectivity index (χ1) is 11.5. The van der Waals surface area contributed by atoms with E-state index in [1.54, 1.807) is 11.2 Å². The lowest BCUT2D eigenvalue weighted by Gasteiger charge is -2.38. The fourth-order valence-corrected chi connectivity index (χ4v) is 4.32. The fraction of sp³-hybridized carbons (Fsp3) is 0.500. The number of fused-ring (bicyclic) bond motifs is 1. The molecule has 2 aromatic rings. The van der Waals surface area contributed by atoms with Gasteiger partial charge in [-0.1, -0.05) is 31.5 Å². The van der Waals surface area contributed by atoms with Crippen molar-refractivity contribution in [3.05, 3.63) is 36.0 Å². The van der Waals surface area contributed by atoms with Crippen LogP contribution in [0, 0.1) is 5.92 Å². The number of nitrogens with one attached hydrogen (secondary N) is 1. The molecule has 0 aliphatic carbocycles. The molecule has 130 valence electrons. The molecule has 5 nitrogen and oxygen atoms in total. The lowest BCUT2D eigenvalue weighted by Crippen LogP contribution is -2.52. The molecule has 1 aromatic carbocycles. The maximum absolute atomic E-state index is 11.8. The Balaban J connectivity index is 1.69. The number of pyridine rings is 1. The molecule has 0 unspecified atom stereocenters. The molecule has 0 saturated carbocycles. The molecule has 24 heavy (non-hydrogen) atoms. The Labute approximate surface area is 144 Å². The Morgan fingerprint density at radius 1 is 1.25 bits per heavy atom. The monoisotopic (exact) mass is 347 g/mol. The SMILES string of the molecule is CCCc1cc(NCC2CN(S(=O)(=O)CC)C2)c2ccccc2n1. The van der Waals surface area contributed by atoms with E-state index in [1.165, 1.54) is 0 Å². The van der Waals surface area contributed by atoms with E-state index in [0.29, 0.717) is 19.0 Å². The third kappa shape index (κ3) is 3.54. The quantitative estimate of drug-likeness (QED) is 0.836. The van der Waals surface area contributed by atoms with E-state index in [9.17, 15) is 8.42 Å². The van der Waals surface area contributed by atoms with Crippen LogP contribution in [-0.2, 0) is 16.4 Å². The summed E-state index contributed by atoms with van der Waals surface area (Å²) in [4.78, 5) is 4.71. The minimum atomic E-state index is -3.03. The molecule has 3 rings (SSSR count). The molecule has 1 aromatic heterocycles. The first-order valence-corrected chi connectivity index (χ1v) is 10.2. The van der Waals surface area contributed by atoms with Gasteiger partial charge in [0.1, 0.15) is 0 Å². The molecule has 1 aliphatic rings. The Kier molecular flexibility index (Phi) is 5.06. The predicted molar refractivity (Wildman–Crippen MR) is 98.8 cm³/mol. The first-order valence-electron chi connectivity index (χ1n) is 8.64. The van der Waals surface area contributed by atoms with Crippen molar-refractivity contribution < 1.29 is 8.42 Å². The molecule has 2 heterocycles. The molecule has 0 radical (unpaired) electrons. The first kappa shape index (κ1) is 17.2. The Hall–Kier alpha value is -1.66. The smallest absolute Gasteiger partial charge is 0.213 e. The molecular weight excluding hydrogens is 322 g/mol. The van der Waals surface area contributed by atoms with Gasteiger partial charge < -0.3 is 5.32 Å². The van der Waals surface area contributed by atoms with Crippen molar-refractivity contribution >= 4 is 26.6 Å².